The quantitative estimate of drug-likeness (QED) is 0.568. The number of halogens is 3. The van der Waals surface area contributed by atoms with Gasteiger partial charge in [-0.2, -0.15) is 0 Å². The number of hydrogen-bond donors (Lipinski definition) is 1. The first kappa shape index (κ1) is 20.5. The number of amides is 1. The van der Waals surface area contributed by atoms with E-state index in [1.54, 1.807) is 0 Å². The number of carbonyl (C=O) groups excluding carboxylic acids is 2. The zero-order valence-corrected chi connectivity index (χ0v) is 16.3. The largest absolute Gasteiger partial charge is 0.452 e. The highest BCUT2D eigenvalue weighted by molar-refractivity contribution is 7.90. The Morgan fingerprint density at radius 3 is 2.35 bits per heavy atom. The highest BCUT2D eigenvalue weighted by atomic mass is 35.5. The van der Waals surface area contributed by atoms with Crippen molar-refractivity contribution in [2.75, 3.05) is 18.2 Å². The van der Waals surface area contributed by atoms with Gasteiger partial charge in [0.15, 0.2) is 16.4 Å². The van der Waals surface area contributed by atoms with E-state index in [4.69, 9.17) is 39.5 Å². The molecule has 2 rings (SSSR count). The molecule has 10 heteroatoms. The second-order valence-corrected chi connectivity index (χ2v) is 8.41. The van der Waals surface area contributed by atoms with Crippen LogP contribution in [0.3, 0.4) is 0 Å². The molecule has 2 aromatic carbocycles. The predicted octanol–water partition coefficient (Wildman–Crippen LogP) is 3.85. The summed E-state index contributed by atoms with van der Waals surface area (Å²) in [5, 5.41) is 3.02. The Labute approximate surface area is 164 Å². The number of benzene rings is 2. The molecule has 0 saturated heterocycles. The number of carbonyl (C=O) groups is 2. The third kappa shape index (κ3) is 5.35. The number of sulfone groups is 1. The van der Waals surface area contributed by atoms with Crippen LogP contribution in [-0.4, -0.2) is 33.2 Å². The maximum atomic E-state index is 12.0. The van der Waals surface area contributed by atoms with Gasteiger partial charge in [-0.25, -0.2) is 13.2 Å². The van der Waals surface area contributed by atoms with E-state index in [0.29, 0.717) is 0 Å². The Morgan fingerprint density at radius 2 is 1.69 bits per heavy atom. The molecular weight excluding hydrogens is 425 g/mol. The van der Waals surface area contributed by atoms with Gasteiger partial charge in [0.1, 0.15) is 0 Å². The number of hydrogen-bond acceptors (Lipinski definition) is 5. The molecule has 0 atom stereocenters. The lowest BCUT2D eigenvalue weighted by molar-refractivity contribution is -0.119. The Balaban J connectivity index is 2.02. The number of rotatable bonds is 5. The molecule has 0 bridgehead atoms. The van der Waals surface area contributed by atoms with E-state index in [1.807, 2.05) is 0 Å². The van der Waals surface area contributed by atoms with Crippen molar-refractivity contribution in [1.82, 2.24) is 0 Å². The molecule has 0 fully saturated rings. The summed E-state index contributed by atoms with van der Waals surface area (Å²) in [5.74, 6) is -1.50. The molecule has 0 aliphatic carbocycles. The van der Waals surface area contributed by atoms with Crippen LogP contribution in [0.4, 0.5) is 5.69 Å². The van der Waals surface area contributed by atoms with Gasteiger partial charge in [0.05, 0.1) is 31.2 Å². The van der Waals surface area contributed by atoms with E-state index in [-0.39, 0.29) is 31.2 Å². The van der Waals surface area contributed by atoms with Gasteiger partial charge in [-0.3, -0.25) is 4.79 Å². The van der Waals surface area contributed by atoms with Crippen LogP contribution < -0.4 is 5.32 Å². The van der Waals surface area contributed by atoms with Crippen LogP contribution in [0.15, 0.2) is 41.3 Å². The molecule has 0 radical (unpaired) electrons. The van der Waals surface area contributed by atoms with Crippen molar-refractivity contribution in [3.8, 4) is 0 Å². The van der Waals surface area contributed by atoms with Gasteiger partial charge in [0.25, 0.3) is 5.91 Å². The second-order valence-electron chi connectivity index (χ2n) is 5.17. The van der Waals surface area contributed by atoms with Crippen molar-refractivity contribution in [3.05, 3.63) is 57.0 Å². The molecule has 1 amide bonds. The van der Waals surface area contributed by atoms with Gasteiger partial charge in [-0.1, -0.05) is 40.9 Å². The van der Waals surface area contributed by atoms with Crippen LogP contribution in [0, 0.1) is 0 Å². The van der Waals surface area contributed by atoms with Crippen LogP contribution in [0.1, 0.15) is 10.4 Å². The first-order valence-electron chi connectivity index (χ1n) is 6.99. The van der Waals surface area contributed by atoms with E-state index >= 15 is 0 Å². The summed E-state index contributed by atoms with van der Waals surface area (Å²) in [7, 11) is -3.47. The minimum atomic E-state index is -3.47. The van der Waals surface area contributed by atoms with Crippen molar-refractivity contribution in [2.24, 2.45) is 0 Å². The fourth-order valence-electron chi connectivity index (χ4n) is 1.87. The molecule has 0 aliphatic heterocycles. The van der Waals surface area contributed by atoms with Crippen molar-refractivity contribution < 1.29 is 22.7 Å². The van der Waals surface area contributed by atoms with E-state index in [1.165, 1.54) is 36.4 Å². The Bertz CT molecular complexity index is 976. The minimum absolute atomic E-state index is 0.00768. The molecule has 0 aliphatic rings. The molecular formula is C16H12Cl3NO5S. The lowest BCUT2D eigenvalue weighted by atomic mass is 10.2. The van der Waals surface area contributed by atoms with Gasteiger partial charge < -0.3 is 10.1 Å². The van der Waals surface area contributed by atoms with E-state index in [0.717, 1.165) is 6.26 Å². The molecule has 0 unspecified atom stereocenters. The van der Waals surface area contributed by atoms with Crippen LogP contribution in [0.25, 0.3) is 0 Å². The Kier molecular flexibility index (Phi) is 6.52. The topological polar surface area (TPSA) is 89.5 Å². The molecule has 2 aromatic rings. The summed E-state index contributed by atoms with van der Waals surface area (Å²) in [4.78, 5) is 23.9. The maximum Gasteiger partial charge on any atom is 0.338 e. The monoisotopic (exact) mass is 435 g/mol. The van der Waals surface area contributed by atoms with E-state index < -0.39 is 28.3 Å². The lowest BCUT2D eigenvalue weighted by Gasteiger charge is -2.09. The molecule has 1 N–H and O–H groups in total. The third-order valence-corrected chi connectivity index (χ3v) is 5.26. The van der Waals surface area contributed by atoms with Crippen molar-refractivity contribution in [3.63, 3.8) is 0 Å². The third-order valence-electron chi connectivity index (χ3n) is 3.12. The number of anilines is 1. The van der Waals surface area contributed by atoms with Gasteiger partial charge in [0, 0.05) is 6.26 Å². The standard InChI is InChI=1S/C16H12Cl3NO5S/c1-26(23,24)10-4-2-3-9(5-10)16(22)25-8-15(21)20-14-7-12(18)11(17)6-13(14)19/h2-7H,8H2,1H3,(H,20,21). The van der Waals surface area contributed by atoms with Crippen LogP contribution in [-0.2, 0) is 19.4 Å². The number of esters is 1. The Hall–Kier alpha value is -1.80. The summed E-state index contributed by atoms with van der Waals surface area (Å²) in [6.45, 7) is -0.599. The fourth-order valence-corrected chi connectivity index (χ4v) is 3.13. The van der Waals surface area contributed by atoms with Crippen molar-refractivity contribution in [1.29, 1.82) is 0 Å². The fraction of sp³-hybridized carbons (Fsp3) is 0.125. The zero-order valence-electron chi connectivity index (χ0n) is 13.3. The summed E-state index contributed by atoms with van der Waals surface area (Å²) in [5.41, 5.74) is 0.217. The predicted molar refractivity (Wildman–Crippen MR) is 99.9 cm³/mol. The zero-order chi connectivity index (χ0) is 19.5. The molecule has 138 valence electrons. The highest BCUT2D eigenvalue weighted by Crippen LogP contribution is 2.32. The van der Waals surface area contributed by atoms with Crippen LogP contribution >= 0.6 is 34.8 Å². The first-order valence-corrected chi connectivity index (χ1v) is 10.0. The lowest BCUT2D eigenvalue weighted by Crippen LogP contribution is -2.21. The van der Waals surface area contributed by atoms with Gasteiger partial charge in [0.2, 0.25) is 0 Å². The summed E-state index contributed by atoms with van der Waals surface area (Å²) in [6, 6.07) is 8.04. The van der Waals surface area contributed by atoms with Crippen molar-refractivity contribution in [2.45, 2.75) is 4.90 Å². The molecule has 26 heavy (non-hydrogen) atoms. The minimum Gasteiger partial charge on any atom is -0.452 e. The highest BCUT2D eigenvalue weighted by Gasteiger charge is 2.15. The molecule has 0 heterocycles. The Morgan fingerprint density at radius 1 is 1.04 bits per heavy atom. The van der Waals surface area contributed by atoms with E-state index in [2.05, 4.69) is 5.32 Å². The normalized spacial score (nSPS) is 11.1. The smallest absolute Gasteiger partial charge is 0.338 e. The summed E-state index contributed by atoms with van der Waals surface area (Å²) >= 11 is 17.6. The molecule has 6 nitrogen and oxygen atoms in total. The molecule has 0 aromatic heterocycles. The molecule has 0 saturated carbocycles. The van der Waals surface area contributed by atoms with Gasteiger partial charge >= 0.3 is 5.97 Å². The van der Waals surface area contributed by atoms with Crippen LogP contribution in [0.5, 0.6) is 0 Å². The van der Waals surface area contributed by atoms with Crippen molar-refractivity contribution >= 4 is 62.2 Å². The maximum absolute atomic E-state index is 12.0. The summed E-state index contributed by atoms with van der Waals surface area (Å²) in [6.07, 6.45) is 1.02. The first-order chi connectivity index (χ1) is 12.1. The van der Waals surface area contributed by atoms with E-state index in [9.17, 15) is 18.0 Å². The van der Waals surface area contributed by atoms with Crippen LogP contribution in [0.2, 0.25) is 15.1 Å². The summed E-state index contributed by atoms with van der Waals surface area (Å²) < 4.78 is 27.9. The van der Waals surface area contributed by atoms with Gasteiger partial charge in [-0.15, -0.1) is 0 Å². The number of ether oxygens (including phenoxy) is 1. The van der Waals surface area contributed by atoms with Gasteiger partial charge in [-0.05, 0) is 30.3 Å². The molecule has 0 spiro atoms. The second kappa shape index (κ2) is 8.26. The average molecular weight is 437 g/mol. The SMILES string of the molecule is CS(=O)(=O)c1cccc(C(=O)OCC(=O)Nc2cc(Cl)c(Cl)cc2Cl)c1. The number of nitrogens with one attached hydrogen (secondary N) is 1. The average Bonchev–Trinajstić information content (AvgIpc) is 2.57.